The smallest absolute Gasteiger partial charge is 0.342 e. The first-order valence-electron chi connectivity index (χ1n) is 15.0. The van der Waals surface area contributed by atoms with Gasteiger partial charge in [0.1, 0.15) is 11.9 Å². The van der Waals surface area contributed by atoms with Crippen LogP contribution in [0.15, 0.2) is 35.5 Å². The Balaban J connectivity index is 2.46. The van der Waals surface area contributed by atoms with Crippen LogP contribution in [0, 0.1) is 23.7 Å². The topological polar surface area (TPSA) is 144 Å². The van der Waals surface area contributed by atoms with Crippen LogP contribution in [-0.4, -0.2) is 58.0 Å². The van der Waals surface area contributed by atoms with E-state index in [9.17, 15) is 34.2 Å². The molecule has 0 aliphatic carbocycles. The normalized spacial score (nSPS) is 18.9. The molecule has 0 bridgehead atoms. The molecule has 0 unspecified atom stereocenters. The number of carbonyl (C=O) groups excluding carboxylic acids is 5. The summed E-state index contributed by atoms with van der Waals surface area (Å²) in [7, 11) is 0. The summed E-state index contributed by atoms with van der Waals surface area (Å²) in [4.78, 5) is 60.5. The predicted octanol–water partition coefficient (Wildman–Crippen LogP) is 4.98. The van der Waals surface area contributed by atoms with Crippen molar-refractivity contribution < 1.29 is 43.7 Å². The number of aliphatic hydroxyl groups excluding tert-OH is 2. The molecule has 42 heavy (non-hydrogen) atoms. The molecule has 2 N–H and O–H groups in total. The lowest BCUT2D eigenvalue weighted by Gasteiger charge is -2.26. The van der Waals surface area contributed by atoms with Crippen molar-refractivity contribution in [3.05, 3.63) is 35.5 Å². The van der Waals surface area contributed by atoms with Crippen molar-refractivity contribution >= 4 is 29.5 Å². The van der Waals surface area contributed by atoms with Crippen molar-refractivity contribution in [3.8, 4) is 0 Å². The molecule has 236 valence electrons. The van der Waals surface area contributed by atoms with Crippen molar-refractivity contribution in [1.82, 2.24) is 0 Å². The molecule has 1 aliphatic heterocycles. The van der Waals surface area contributed by atoms with Crippen molar-refractivity contribution in [1.29, 1.82) is 0 Å². The Morgan fingerprint density at radius 2 is 1.60 bits per heavy atom. The van der Waals surface area contributed by atoms with E-state index in [1.165, 1.54) is 6.92 Å². The van der Waals surface area contributed by atoms with Gasteiger partial charge in [0.2, 0.25) is 0 Å². The van der Waals surface area contributed by atoms with Gasteiger partial charge in [0, 0.05) is 42.2 Å². The predicted molar refractivity (Wildman–Crippen MR) is 159 cm³/mol. The van der Waals surface area contributed by atoms with E-state index in [2.05, 4.69) is 18.2 Å². The van der Waals surface area contributed by atoms with Gasteiger partial charge >= 0.3 is 17.9 Å². The van der Waals surface area contributed by atoms with Crippen LogP contribution in [0.1, 0.15) is 99.8 Å². The molecule has 0 aromatic carbocycles. The van der Waals surface area contributed by atoms with Gasteiger partial charge in [0.25, 0.3) is 0 Å². The second-order valence-electron chi connectivity index (χ2n) is 11.9. The number of carbonyl (C=O) groups is 5. The van der Waals surface area contributed by atoms with E-state index >= 15 is 0 Å². The number of hydrogen-bond acceptors (Lipinski definition) is 9. The maximum absolute atomic E-state index is 12.8. The zero-order valence-corrected chi connectivity index (χ0v) is 26.3. The standard InChI is InChI=1S/C33H50O9/c1-9-25(10-2)17-26(34)16-20(4)15-19(3)11-13-28(35)23(7)30(37)18-29(36)21(5)24(8)41-31(38)14-12-27-22(6)32(39)42-33(27)40/h9,17,19-21,23-24,28-29,35-36H,1,10-16,18H2,2-8H3/b25-17+/t19-,20+,21+,23-,24+,28-,29+/m0/s1. The number of ether oxygens (including phenoxy) is 2. The molecule has 0 saturated heterocycles. The largest absolute Gasteiger partial charge is 0.462 e. The van der Waals surface area contributed by atoms with Crippen molar-refractivity contribution in [2.24, 2.45) is 23.7 Å². The zero-order valence-electron chi connectivity index (χ0n) is 26.3. The quantitative estimate of drug-likeness (QED) is 0.0868. The molecule has 0 amide bonds. The van der Waals surface area contributed by atoms with Crippen molar-refractivity contribution in [2.75, 3.05) is 0 Å². The molecule has 1 rings (SSSR count). The van der Waals surface area contributed by atoms with Gasteiger partial charge in [-0.25, -0.2) is 9.59 Å². The molecule has 1 aliphatic rings. The Morgan fingerprint density at radius 3 is 2.14 bits per heavy atom. The lowest BCUT2D eigenvalue weighted by atomic mass is 9.85. The maximum Gasteiger partial charge on any atom is 0.342 e. The van der Waals surface area contributed by atoms with Crippen LogP contribution in [0.3, 0.4) is 0 Å². The highest BCUT2D eigenvalue weighted by molar-refractivity contribution is 6.12. The number of hydrogen-bond donors (Lipinski definition) is 2. The van der Waals surface area contributed by atoms with Crippen LogP contribution in [0.4, 0.5) is 0 Å². The highest BCUT2D eigenvalue weighted by Crippen LogP contribution is 2.25. The van der Waals surface area contributed by atoms with Gasteiger partial charge < -0.3 is 19.7 Å². The molecule has 0 fully saturated rings. The van der Waals surface area contributed by atoms with Crippen molar-refractivity contribution in [3.63, 3.8) is 0 Å². The van der Waals surface area contributed by atoms with E-state index < -0.39 is 48.1 Å². The van der Waals surface area contributed by atoms with Crippen LogP contribution in [-0.2, 0) is 33.4 Å². The Morgan fingerprint density at radius 1 is 0.952 bits per heavy atom. The monoisotopic (exact) mass is 590 g/mol. The summed E-state index contributed by atoms with van der Waals surface area (Å²) in [5.41, 5.74) is 1.25. The van der Waals surface area contributed by atoms with E-state index in [0.717, 1.165) is 18.4 Å². The fourth-order valence-corrected chi connectivity index (χ4v) is 5.00. The third-order valence-corrected chi connectivity index (χ3v) is 8.26. The van der Waals surface area contributed by atoms with E-state index in [-0.39, 0.29) is 53.8 Å². The number of cyclic esters (lactones) is 2. The average Bonchev–Trinajstić information content (AvgIpc) is 3.17. The van der Waals surface area contributed by atoms with Crippen LogP contribution >= 0.6 is 0 Å². The summed E-state index contributed by atoms with van der Waals surface area (Å²) >= 11 is 0. The lowest BCUT2D eigenvalue weighted by molar-refractivity contribution is -0.152. The number of rotatable bonds is 20. The number of esters is 3. The van der Waals surface area contributed by atoms with Crippen molar-refractivity contribution in [2.45, 2.75) is 118 Å². The van der Waals surface area contributed by atoms with Gasteiger partial charge in [-0.1, -0.05) is 47.3 Å². The Labute approximate surface area is 250 Å². The number of allylic oxidation sites excluding steroid dienone is 3. The minimum Gasteiger partial charge on any atom is -0.462 e. The minimum absolute atomic E-state index is 0.00924. The molecule has 0 radical (unpaired) electrons. The summed E-state index contributed by atoms with van der Waals surface area (Å²) in [6.07, 6.45) is 3.59. The van der Waals surface area contributed by atoms with Gasteiger partial charge in [-0.2, -0.15) is 0 Å². The second kappa shape index (κ2) is 17.9. The molecule has 0 spiro atoms. The minimum atomic E-state index is -1.08. The van der Waals surface area contributed by atoms with E-state index in [4.69, 9.17) is 4.74 Å². The summed E-state index contributed by atoms with van der Waals surface area (Å²) < 4.78 is 9.89. The first-order chi connectivity index (χ1) is 19.6. The first-order valence-corrected chi connectivity index (χ1v) is 15.0. The molecule has 9 nitrogen and oxygen atoms in total. The lowest BCUT2D eigenvalue weighted by Crippen LogP contribution is -2.35. The van der Waals surface area contributed by atoms with Gasteiger partial charge in [-0.3, -0.25) is 14.4 Å². The average molecular weight is 591 g/mol. The van der Waals surface area contributed by atoms with Crippen LogP contribution < -0.4 is 0 Å². The SMILES string of the molecule is C=C/C(=C\C(=O)C[C@H](C)C[C@@H](C)CC[C@H](O)[C@H](C)C(=O)C[C@@H](O)[C@H](C)[C@@H](C)OC(=O)CCC1=C(C)C(=O)OC1=O)CC. The fourth-order valence-electron chi connectivity index (χ4n) is 5.00. The van der Waals surface area contributed by atoms with Gasteiger partial charge in [0.15, 0.2) is 5.78 Å². The number of aliphatic hydroxyl groups is 2. The molecule has 1 heterocycles. The summed E-state index contributed by atoms with van der Waals surface area (Å²) in [5.74, 6) is -3.03. The Bertz CT molecular complexity index is 1050. The molecule has 9 heteroatoms. The molecule has 0 aromatic rings. The van der Waals surface area contributed by atoms with Gasteiger partial charge in [-0.05, 0) is 69.4 Å². The highest BCUT2D eigenvalue weighted by Gasteiger charge is 2.32. The molecular formula is C33H50O9. The van der Waals surface area contributed by atoms with Crippen LogP contribution in [0.25, 0.3) is 0 Å². The number of ketones is 2. The first kappa shape index (κ1) is 37.1. The van der Waals surface area contributed by atoms with E-state index in [1.807, 2.05) is 13.8 Å². The molecule has 0 saturated carbocycles. The second-order valence-corrected chi connectivity index (χ2v) is 11.9. The summed E-state index contributed by atoms with van der Waals surface area (Å²) in [6, 6.07) is 0. The van der Waals surface area contributed by atoms with Gasteiger partial charge in [-0.15, -0.1) is 0 Å². The third-order valence-electron chi connectivity index (χ3n) is 8.26. The van der Waals surface area contributed by atoms with Crippen LogP contribution in [0.2, 0.25) is 0 Å². The van der Waals surface area contributed by atoms with E-state index in [0.29, 0.717) is 19.3 Å². The third kappa shape index (κ3) is 12.1. The zero-order chi connectivity index (χ0) is 32.1. The van der Waals surface area contributed by atoms with E-state index in [1.54, 1.807) is 32.9 Å². The Kier molecular flexibility index (Phi) is 15.8. The molecular weight excluding hydrogens is 540 g/mol. The van der Waals surface area contributed by atoms with Crippen LogP contribution in [0.5, 0.6) is 0 Å². The maximum atomic E-state index is 12.8. The summed E-state index contributed by atoms with van der Waals surface area (Å²) in [5, 5.41) is 21.3. The molecule has 0 aromatic heterocycles. The number of Topliss-reactive ketones (excluding diaryl/α,β-unsaturated/α-hetero) is 1. The highest BCUT2D eigenvalue weighted by atomic mass is 16.6. The Hall–Kier alpha value is -2.91. The van der Waals surface area contributed by atoms with Gasteiger partial charge in [0.05, 0.1) is 12.2 Å². The summed E-state index contributed by atoms with van der Waals surface area (Å²) in [6.45, 7) is 16.2. The fraction of sp³-hybridized carbons (Fsp3) is 0.667. The molecule has 7 atom stereocenters.